The predicted molar refractivity (Wildman–Crippen MR) is 55.5 cm³/mol. The van der Waals surface area contributed by atoms with Crippen LogP contribution in [0.1, 0.15) is 41.8 Å². The van der Waals surface area contributed by atoms with E-state index in [1.54, 1.807) is 0 Å². The van der Waals surface area contributed by atoms with Crippen LogP contribution in [-0.4, -0.2) is 16.1 Å². The molecule has 1 aromatic rings. The second-order valence-electron chi connectivity index (χ2n) is 3.29. The third-order valence-corrected chi connectivity index (χ3v) is 3.23. The van der Waals surface area contributed by atoms with E-state index in [-0.39, 0.29) is 11.7 Å². The summed E-state index contributed by atoms with van der Waals surface area (Å²) in [5, 5.41) is 10.9. The molecule has 0 aliphatic rings. The zero-order valence-electron chi connectivity index (χ0n) is 8.23. The molecule has 0 radical (unpaired) electrons. The Bertz CT molecular complexity index is 324. The van der Waals surface area contributed by atoms with E-state index in [0.717, 1.165) is 6.42 Å². The van der Waals surface area contributed by atoms with Crippen molar-refractivity contribution in [3.8, 4) is 0 Å². The number of carboxylic acids is 1. The van der Waals surface area contributed by atoms with Crippen LogP contribution in [0.5, 0.6) is 0 Å². The molecule has 0 bridgehead atoms. The maximum absolute atomic E-state index is 10.6. The molecular weight excluding hydrogens is 200 g/mol. The summed E-state index contributed by atoms with van der Waals surface area (Å²) in [6.07, 6.45) is 0.961. The normalized spacial score (nSPS) is 15.1. The van der Waals surface area contributed by atoms with E-state index in [2.05, 4.69) is 11.9 Å². The van der Waals surface area contributed by atoms with Gasteiger partial charge in [-0.15, -0.1) is 11.3 Å². The van der Waals surface area contributed by atoms with Crippen LogP contribution >= 0.6 is 11.3 Å². The molecule has 1 heterocycles. The van der Waals surface area contributed by atoms with E-state index in [1.807, 2.05) is 6.92 Å². The molecule has 78 valence electrons. The number of aromatic carboxylic acids is 1. The standard InChI is InChI=1S/C9H14N2O2S/c1-3-5(2)7(10)8-11-6(4-14-8)9(12)13/h4-5,7H,3,10H2,1-2H3,(H,12,13)/t5-,7-/m0/s1. The Labute approximate surface area is 86.8 Å². The Balaban J connectivity index is 2.81. The number of nitrogens with two attached hydrogens (primary N) is 1. The monoisotopic (exact) mass is 214 g/mol. The molecule has 0 unspecified atom stereocenters. The number of rotatable bonds is 4. The molecular formula is C9H14N2O2S. The van der Waals surface area contributed by atoms with Gasteiger partial charge in [0.25, 0.3) is 0 Å². The van der Waals surface area contributed by atoms with Gasteiger partial charge in [-0.1, -0.05) is 20.3 Å². The van der Waals surface area contributed by atoms with Crippen LogP contribution in [0.15, 0.2) is 5.38 Å². The lowest BCUT2D eigenvalue weighted by atomic mass is 10.0. The highest BCUT2D eigenvalue weighted by Crippen LogP contribution is 2.24. The first-order valence-electron chi connectivity index (χ1n) is 4.50. The fourth-order valence-corrected chi connectivity index (χ4v) is 1.96. The molecule has 0 aliphatic heterocycles. The van der Waals surface area contributed by atoms with Crippen molar-refractivity contribution < 1.29 is 9.90 Å². The second kappa shape index (κ2) is 4.52. The Hall–Kier alpha value is -0.940. The van der Waals surface area contributed by atoms with Crippen molar-refractivity contribution in [1.82, 2.24) is 4.98 Å². The average Bonchev–Trinajstić information content (AvgIpc) is 2.64. The van der Waals surface area contributed by atoms with Crippen molar-refractivity contribution in [3.05, 3.63) is 16.1 Å². The second-order valence-corrected chi connectivity index (χ2v) is 4.18. The van der Waals surface area contributed by atoms with E-state index < -0.39 is 5.97 Å². The predicted octanol–water partition coefficient (Wildman–Crippen LogP) is 1.89. The Morgan fingerprint density at radius 1 is 1.79 bits per heavy atom. The molecule has 14 heavy (non-hydrogen) atoms. The SMILES string of the molecule is CC[C@H](C)[C@H](N)c1nc(C(=O)O)cs1. The van der Waals surface area contributed by atoms with E-state index in [9.17, 15) is 4.79 Å². The minimum atomic E-state index is -0.996. The molecule has 1 rings (SSSR count). The highest BCUT2D eigenvalue weighted by atomic mass is 32.1. The number of carboxylic acid groups (broad SMARTS) is 1. The van der Waals surface area contributed by atoms with Crippen LogP contribution in [-0.2, 0) is 0 Å². The molecule has 0 amide bonds. The first kappa shape index (κ1) is 11.1. The molecule has 0 aromatic carbocycles. The third kappa shape index (κ3) is 2.30. The van der Waals surface area contributed by atoms with Gasteiger partial charge >= 0.3 is 5.97 Å². The summed E-state index contributed by atoms with van der Waals surface area (Å²) in [5.74, 6) is -0.674. The van der Waals surface area contributed by atoms with Crippen LogP contribution in [0.25, 0.3) is 0 Å². The van der Waals surface area contributed by atoms with Gasteiger partial charge in [0.1, 0.15) is 5.01 Å². The number of aromatic nitrogens is 1. The van der Waals surface area contributed by atoms with Crippen molar-refractivity contribution in [2.24, 2.45) is 11.7 Å². The van der Waals surface area contributed by atoms with Gasteiger partial charge in [-0.2, -0.15) is 0 Å². The van der Waals surface area contributed by atoms with Crippen LogP contribution in [0.2, 0.25) is 0 Å². The molecule has 0 aliphatic carbocycles. The molecule has 4 nitrogen and oxygen atoms in total. The molecule has 0 saturated heterocycles. The summed E-state index contributed by atoms with van der Waals surface area (Å²) in [6.45, 7) is 4.09. The van der Waals surface area contributed by atoms with Gasteiger partial charge in [-0.3, -0.25) is 0 Å². The van der Waals surface area contributed by atoms with Crippen molar-refractivity contribution in [1.29, 1.82) is 0 Å². The number of thiazole rings is 1. The fraction of sp³-hybridized carbons (Fsp3) is 0.556. The summed E-state index contributed by atoms with van der Waals surface area (Å²) in [5.41, 5.74) is 6.00. The Kier molecular flexibility index (Phi) is 3.60. The number of carbonyl (C=O) groups is 1. The molecule has 0 spiro atoms. The number of hydrogen-bond acceptors (Lipinski definition) is 4. The highest BCUT2D eigenvalue weighted by molar-refractivity contribution is 7.09. The van der Waals surface area contributed by atoms with Gasteiger partial charge in [0.2, 0.25) is 0 Å². The smallest absolute Gasteiger partial charge is 0.355 e. The molecule has 0 fully saturated rings. The lowest BCUT2D eigenvalue weighted by Crippen LogP contribution is -2.18. The lowest BCUT2D eigenvalue weighted by molar-refractivity contribution is 0.0691. The Morgan fingerprint density at radius 2 is 2.43 bits per heavy atom. The summed E-state index contributed by atoms with van der Waals surface area (Å²) >= 11 is 1.31. The average molecular weight is 214 g/mol. The van der Waals surface area contributed by atoms with Crippen LogP contribution in [0.3, 0.4) is 0 Å². The minimum absolute atomic E-state index is 0.0868. The largest absolute Gasteiger partial charge is 0.476 e. The molecule has 3 N–H and O–H groups in total. The van der Waals surface area contributed by atoms with Crippen LogP contribution in [0.4, 0.5) is 0 Å². The minimum Gasteiger partial charge on any atom is -0.476 e. The molecule has 2 atom stereocenters. The molecule has 0 saturated carbocycles. The zero-order chi connectivity index (χ0) is 10.7. The molecule has 1 aromatic heterocycles. The molecule has 5 heteroatoms. The first-order chi connectivity index (χ1) is 6.56. The van der Waals surface area contributed by atoms with Crippen molar-refractivity contribution >= 4 is 17.3 Å². The summed E-state index contributed by atoms with van der Waals surface area (Å²) in [7, 11) is 0. The zero-order valence-corrected chi connectivity index (χ0v) is 9.04. The topological polar surface area (TPSA) is 76.2 Å². The fourth-order valence-electron chi connectivity index (χ4n) is 1.04. The Morgan fingerprint density at radius 3 is 2.86 bits per heavy atom. The van der Waals surface area contributed by atoms with E-state index in [1.165, 1.54) is 16.7 Å². The van der Waals surface area contributed by atoms with Crippen LogP contribution in [0, 0.1) is 5.92 Å². The van der Waals surface area contributed by atoms with Crippen molar-refractivity contribution in [3.63, 3.8) is 0 Å². The van der Waals surface area contributed by atoms with E-state index >= 15 is 0 Å². The van der Waals surface area contributed by atoms with E-state index in [0.29, 0.717) is 10.9 Å². The van der Waals surface area contributed by atoms with Crippen LogP contribution < -0.4 is 5.73 Å². The van der Waals surface area contributed by atoms with E-state index in [4.69, 9.17) is 10.8 Å². The van der Waals surface area contributed by atoms with Gasteiger partial charge in [0.05, 0.1) is 6.04 Å². The summed E-state index contributed by atoms with van der Waals surface area (Å²) in [6, 6.07) is -0.155. The van der Waals surface area contributed by atoms with Gasteiger partial charge in [0.15, 0.2) is 5.69 Å². The maximum atomic E-state index is 10.6. The van der Waals surface area contributed by atoms with Gasteiger partial charge in [0, 0.05) is 5.38 Å². The summed E-state index contributed by atoms with van der Waals surface area (Å²) < 4.78 is 0. The van der Waals surface area contributed by atoms with Gasteiger partial charge < -0.3 is 10.8 Å². The highest BCUT2D eigenvalue weighted by Gasteiger charge is 2.18. The third-order valence-electron chi connectivity index (χ3n) is 2.28. The quantitative estimate of drug-likeness (QED) is 0.802. The number of hydrogen-bond donors (Lipinski definition) is 2. The van der Waals surface area contributed by atoms with Gasteiger partial charge in [-0.25, -0.2) is 9.78 Å². The van der Waals surface area contributed by atoms with Crippen molar-refractivity contribution in [2.75, 3.05) is 0 Å². The van der Waals surface area contributed by atoms with Crippen molar-refractivity contribution in [2.45, 2.75) is 26.3 Å². The van der Waals surface area contributed by atoms with Gasteiger partial charge in [-0.05, 0) is 5.92 Å². The summed E-state index contributed by atoms with van der Waals surface area (Å²) in [4.78, 5) is 14.6. The maximum Gasteiger partial charge on any atom is 0.355 e. The number of nitrogens with zero attached hydrogens (tertiary/aromatic N) is 1. The first-order valence-corrected chi connectivity index (χ1v) is 5.38. The lowest BCUT2D eigenvalue weighted by Gasteiger charge is -2.14.